The van der Waals surface area contributed by atoms with Gasteiger partial charge in [0.2, 0.25) is 0 Å². The Morgan fingerprint density at radius 3 is 2.33 bits per heavy atom. The van der Waals surface area contributed by atoms with Crippen LogP contribution in [0.25, 0.3) is 0 Å². The van der Waals surface area contributed by atoms with Gasteiger partial charge in [-0.3, -0.25) is 0 Å². The number of hydrogen-bond donors (Lipinski definition) is 1. The first-order valence-corrected chi connectivity index (χ1v) is 5.54. The van der Waals surface area contributed by atoms with Gasteiger partial charge in [0.05, 0.1) is 0 Å². The van der Waals surface area contributed by atoms with E-state index in [4.69, 9.17) is 11.6 Å². The Morgan fingerprint density at radius 1 is 1.25 bits per heavy atom. The van der Waals surface area contributed by atoms with E-state index in [1.807, 2.05) is 0 Å². The highest BCUT2D eigenvalue weighted by atomic mass is 35.5. The van der Waals surface area contributed by atoms with Gasteiger partial charge in [-0.05, 0) is 30.1 Å². The van der Waals surface area contributed by atoms with Crippen LogP contribution in [-0.4, -0.2) is 17.5 Å². The topological polar surface area (TPSA) is 12.0 Å². The number of hydrogen-bond acceptors (Lipinski definition) is 1. The molecule has 6 atom stereocenters. The quantitative estimate of drug-likeness (QED) is 0.648. The van der Waals surface area contributed by atoms with Crippen LogP contribution < -0.4 is 5.32 Å². The summed E-state index contributed by atoms with van der Waals surface area (Å²) in [6.45, 7) is 4.46. The third kappa shape index (κ3) is 0.748. The average Bonchev–Trinajstić information content (AvgIpc) is 2.34. The molecule has 0 heterocycles. The third-order valence-corrected chi connectivity index (χ3v) is 4.63. The molecule has 12 heavy (non-hydrogen) atoms. The lowest BCUT2D eigenvalue weighted by atomic mass is 10.1. The van der Waals surface area contributed by atoms with Gasteiger partial charge in [-0.25, -0.2) is 0 Å². The summed E-state index contributed by atoms with van der Waals surface area (Å²) in [5.41, 5.74) is 0. The van der Waals surface area contributed by atoms with Crippen molar-refractivity contribution in [1.82, 2.24) is 5.32 Å². The van der Waals surface area contributed by atoms with E-state index in [-0.39, 0.29) is 0 Å². The predicted octanol–water partition coefficient (Wildman–Crippen LogP) is 1.86. The first-order chi connectivity index (χ1) is 5.70. The van der Waals surface area contributed by atoms with Crippen molar-refractivity contribution in [2.75, 3.05) is 0 Å². The molecule has 0 radical (unpaired) electrons. The van der Waals surface area contributed by atoms with Crippen molar-refractivity contribution in [2.45, 2.75) is 37.7 Å². The van der Waals surface area contributed by atoms with Crippen LogP contribution in [0.3, 0.4) is 0 Å². The minimum absolute atomic E-state index is 0.510. The highest BCUT2D eigenvalue weighted by Gasteiger charge is 2.72. The van der Waals surface area contributed by atoms with Crippen molar-refractivity contribution in [3.05, 3.63) is 0 Å². The SMILES string of the molecule is CC(C)NC1C2C3C[C@H]1C(Cl)[C@@H]32. The Kier molecular flexibility index (Phi) is 1.39. The van der Waals surface area contributed by atoms with Crippen LogP contribution in [0.5, 0.6) is 0 Å². The van der Waals surface area contributed by atoms with Gasteiger partial charge in [-0.15, -0.1) is 11.6 Å². The second kappa shape index (κ2) is 2.19. The Hall–Kier alpha value is 0.250. The van der Waals surface area contributed by atoms with Crippen molar-refractivity contribution >= 4 is 11.6 Å². The zero-order valence-electron chi connectivity index (χ0n) is 7.63. The molecule has 4 bridgehead atoms. The Bertz CT molecular complexity index is 216. The molecule has 0 aromatic carbocycles. The molecule has 4 aliphatic carbocycles. The monoisotopic (exact) mass is 185 g/mol. The molecular formula is C10H16ClN. The van der Waals surface area contributed by atoms with Crippen molar-refractivity contribution in [1.29, 1.82) is 0 Å². The molecular weight excluding hydrogens is 170 g/mol. The Morgan fingerprint density at radius 2 is 2.00 bits per heavy atom. The minimum atomic E-state index is 0.510. The summed E-state index contributed by atoms with van der Waals surface area (Å²) in [6.07, 6.45) is 1.41. The molecule has 0 saturated heterocycles. The summed E-state index contributed by atoms with van der Waals surface area (Å²) in [5.74, 6) is 3.66. The van der Waals surface area contributed by atoms with Gasteiger partial charge in [0.1, 0.15) is 0 Å². The molecule has 1 N–H and O–H groups in total. The van der Waals surface area contributed by atoms with Gasteiger partial charge in [0.25, 0.3) is 0 Å². The molecule has 4 unspecified atom stereocenters. The van der Waals surface area contributed by atoms with E-state index in [1.165, 1.54) is 6.42 Å². The molecule has 4 saturated carbocycles. The number of halogens is 1. The molecule has 1 nitrogen and oxygen atoms in total. The van der Waals surface area contributed by atoms with Crippen molar-refractivity contribution in [3.8, 4) is 0 Å². The van der Waals surface area contributed by atoms with Gasteiger partial charge in [-0.2, -0.15) is 0 Å². The van der Waals surface area contributed by atoms with Crippen molar-refractivity contribution < 1.29 is 0 Å². The van der Waals surface area contributed by atoms with Crippen LogP contribution in [0.2, 0.25) is 0 Å². The largest absolute Gasteiger partial charge is 0.311 e. The molecule has 0 spiro atoms. The summed E-state index contributed by atoms with van der Waals surface area (Å²) in [6, 6.07) is 1.39. The fraction of sp³-hybridized carbons (Fsp3) is 1.00. The first-order valence-electron chi connectivity index (χ1n) is 5.10. The number of alkyl halides is 1. The lowest BCUT2D eigenvalue weighted by molar-refractivity contribution is 0.392. The lowest BCUT2D eigenvalue weighted by Gasteiger charge is -2.20. The molecule has 0 aliphatic heterocycles. The van der Waals surface area contributed by atoms with Crippen LogP contribution in [-0.2, 0) is 0 Å². The standard InChI is InChI=1S/C10H16ClN/c1-4(2)12-10-6-3-5-7(8(5)10)9(6)11/h4-10,12H,3H2,1-2H3/t5?,6-,7-,8?,9?,10?/m0/s1. The molecule has 0 aromatic rings. The summed E-state index contributed by atoms with van der Waals surface area (Å²) < 4.78 is 0. The van der Waals surface area contributed by atoms with E-state index in [9.17, 15) is 0 Å². The van der Waals surface area contributed by atoms with Crippen molar-refractivity contribution in [2.24, 2.45) is 23.7 Å². The molecule has 0 amide bonds. The van der Waals surface area contributed by atoms with E-state index in [2.05, 4.69) is 19.2 Å². The molecule has 68 valence electrons. The van der Waals surface area contributed by atoms with Crippen LogP contribution in [0.1, 0.15) is 20.3 Å². The molecule has 4 aliphatic rings. The normalized spacial score (nSPS) is 60.0. The van der Waals surface area contributed by atoms with E-state index in [1.54, 1.807) is 0 Å². The average molecular weight is 186 g/mol. The zero-order valence-corrected chi connectivity index (χ0v) is 8.38. The highest BCUT2D eigenvalue weighted by molar-refractivity contribution is 6.21. The smallest absolute Gasteiger partial charge is 0.0413 e. The second-order valence-electron chi connectivity index (χ2n) is 5.01. The third-order valence-electron chi connectivity index (χ3n) is 4.02. The summed E-state index contributed by atoms with van der Waals surface area (Å²) >= 11 is 6.33. The summed E-state index contributed by atoms with van der Waals surface area (Å²) in [5, 5.41) is 4.18. The molecule has 4 rings (SSSR count). The maximum Gasteiger partial charge on any atom is 0.0413 e. The number of nitrogens with one attached hydrogen (secondary N) is 1. The molecule has 0 aromatic heterocycles. The maximum atomic E-state index is 6.33. The Balaban J connectivity index is 1.76. The predicted molar refractivity (Wildman–Crippen MR) is 50.3 cm³/mol. The van der Waals surface area contributed by atoms with Gasteiger partial charge < -0.3 is 5.32 Å². The Labute approximate surface area is 78.9 Å². The van der Waals surface area contributed by atoms with E-state index < -0.39 is 0 Å². The highest BCUT2D eigenvalue weighted by Crippen LogP contribution is 2.71. The van der Waals surface area contributed by atoms with Gasteiger partial charge in [0, 0.05) is 17.5 Å². The van der Waals surface area contributed by atoms with Gasteiger partial charge >= 0.3 is 0 Å². The lowest BCUT2D eigenvalue weighted by Crippen LogP contribution is -2.38. The first kappa shape index (κ1) is 7.64. The molecule has 2 heteroatoms. The van der Waals surface area contributed by atoms with Crippen LogP contribution in [0.15, 0.2) is 0 Å². The fourth-order valence-corrected chi connectivity index (χ4v) is 4.29. The van der Waals surface area contributed by atoms with Crippen LogP contribution in [0, 0.1) is 23.7 Å². The van der Waals surface area contributed by atoms with Crippen LogP contribution >= 0.6 is 11.6 Å². The van der Waals surface area contributed by atoms with E-state index in [0.29, 0.717) is 11.4 Å². The zero-order chi connectivity index (χ0) is 8.46. The maximum absolute atomic E-state index is 6.33. The van der Waals surface area contributed by atoms with Crippen LogP contribution in [0.4, 0.5) is 0 Å². The minimum Gasteiger partial charge on any atom is -0.311 e. The van der Waals surface area contributed by atoms with E-state index >= 15 is 0 Å². The van der Waals surface area contributed by atoms with E-state index in [0.717, 1.165) is 29.7 Å². The molecule has 4 fully saturated rings. The number of rotatable bonds is 2. The summed E-state index contributed by atoms with van der Waals surface area (Å²) in [7, 11) is 0. The van der Waals surface area contributed by atoms with Gasteiger partial charge in [-0.1, -0.05) is 13.8 Å². The fourth-order valence-electron chi connectivity index (χ4n) is 3.68. The van der Waals surface area contributed by atoms with Crippen molar-refractivity contribution in [3.63, 3.8) is 0 Å². The van der Waals surface area contributed by atoms with Gasteiger partial charge in [0.15, 0.2) is 0 Å². The second-order valence-corrected chi connectivity index (χ2v) is 5.51. The summed E-state index contributed by atoms with van der Waals surface area (Å²) in [4.78, 5) is 0.